The van der Waals surface area contributed by atoms with E-state index in [4.69, 9.17) is 4.74 Å². The number of hydrogen-bond donors (Lipinski definition) is 3. The Morgan fingerprint density at radius 1 is 0.342 bits per heavy atom. The lowest BCUT2D eigenvalue weighted by molar-refractivity contribution is -0.143. The third-order valence-electron chi connectivity index (χ3n) is 16.6. The molecule has 0 aliphatic heterocycles. The Kier molecular flexibility index (Phi) is 66.9. The molecule has 0 aromatic rings. The SMILES string of the molecule is CCCCCCCC/C=C\CCCCCCCC(=O)OCCCCCCCCCCCCCC/C=C\CCCCCCCCCC(=O)NC(CO)C(O)/C=C/CCCCCCCCCCCCCCCCCCCCCCCC. The smallest absolute Gasteiger partial charge is 0.305 e. The topological polar surface area (TPSA) is 95.9 Å². The highest BCUT2D eigenvalue weighted by molar-refractivity contribution is 5.76. The predicted octanol–water partition coefficient (Wildman–Crippen LogP) is 23.1. The minimum Gasteiger partial charge on any atom is -0.466 e. The van der Waals surface area contributed by atoms with E-state index < -0.39 is 12.1 Å². The second kappa shape index (κ2) is 68.6. The Bertz CT molecular complexity index is 1280. The summed E-state index contributed by atoms with van der Waals surface area (Å²) in [6.07, 6.45) is 87.9. The maximum atomic E-state index is 12.5. The van der Waals surface area contributed by atoms with Crippen LogP contribution in [-0.2, 0) is 14.3 Å². The number of ether oxygens (including phenoxy) is 1. The van der Waals surface area contributed by atoms with Crippen molar-refractivity contribution >= 4 is 11.9 Å². The summed E-state index contributed by atoms with van der Waals surface area (Å²) in [5, 5.41) is 23.3. The zero-order chi connectivity index (χ0) is 57.1. The zero-order valence-electron chi connectivity index (χ0n) is 53.4. The van der Waals surface area contributed by atoms with Gasteiger partial charge >= 0.3 is 5.97 Å². The van der Waals surface area contributed by atoms with Gasteiger partial charge in [-0.1, -0.05) is 333 Å². The molecule has 466 valence electrons. The van der Waals surface area contributed by atoms with E-state index in [0.29, 0.717) is 19.4 Å². The number of aliphatic hydroxyl groups excluding tert-OH is 2. The van der Waals surface area contributed by atoms with Gasteiger partial charge in [0.2, 0.25) is 5.91 Å². The average molecular weight is 1110 g/mol. The van der Waals surface area contributed by atoms with E-state index in [1.165, 1.54) is 315 Å². The molecule has 1 amide bonds. The van der Waals surface area contributed by atoms with Crippen LogP contribution in [0.15, 0.2) is 36.5 Å². The van der Waals surface area contributed by atoms with Gasteiger partial charge in [-0.15, -0.1) is 0 Å². The lowest BCUT2D eigenvalue weighted by atomic mass is 10.0. The highest BCUT2D eigenvalue weighted by Gasteiger charge is 2.18. The van der Waals surface area contributed by atoms with Crippen molar-refractivity contribution in [2.24, 2.45) is 0 Å². The van der Waals surface area contributed by atoms with Crippen molar-refractivity contribution in [3.63, 3.8) is 0 Å². The van der Waals surface area contributed by atoms with Crippen LogP contribution >= 0.6 is 0 Å². The van der Waals surface area contributed by atoms with Gasteiger partial charge in [0.25, 0.3) is 0 Å². The summed E-state index contributed by atoms with van der Waals surface area (Å²) in [7, 11) is 0. The molecule has 0 saturated carbocycles. The molecule has 0 aliphatic rings. The summed E-state index contributed by atoms with van der Waals surface area (Å²) in [6, 6.07) is -0.634. The molecule has 0 rings (SSSR count). The van der Waals surface area contributed by atoms with Crippen molar-refractivity contribution in [1.82, 2.24) is 5.32 Å². The molecular weight excluding hydrogens is 971 g/mol. The number of esters is 1. The summed E-state index contributed by atoms with van der Waals surface area (Å²) in [6.45, 7) is 4.93. The number of allylic oxidation sites excluding steroid dienone is 5. The van der Waals surface area contributed by atoms with Crippen molar-refractivity contribution in [3.8, 4) is 0 Å². The first-order valence-electron chi connectivity index (χ1n) is 35.8. The van der Waals surface area contributed by atoms with Gasteiger partial charge in [0.15, 0.2) is 0 Å². The Morgan fingerprint density at radius 3 is 0.899 bits per heavy atom. The first-order chi connectivity index (χ1) is 39.0. The number of carbonyl (C=O) groups excluding carboxylic acids is 2. The third kappa shape index (κ3) is 65.1. The maximum absolute atomic E-state index is 12.5. The quantitative estimate of drug-likeness (QED) is 0.0320. The van der Waals surface area contributed by atoms with Crippen LogP contribution in [0.5, 0.6) is 0 Å². The van der Waals surface area contributed by atoms with Crippen molar-refractivity contribution in [2.45, 2.75) is 405 Å². The van der Waals surface area contributed by atoms with Crippen LogP contribution < -0.4 is 5.32 Å². The van der Waals surface area contributed by atoms with E-state index in [-0.39, 0.29) is 18.5 Å². The Morgan fingerprint density at radius 2 is 0.595 bits per heavy atom. The van der Waals surface area contributed by atoms with Crippen molar-refractivity contribution < 1.29 is 24.5 Å². The van der Waals surface area contributed by atoms with Crippen molar-refractivity contribution in [3.05, 3.63) is 36.5 Å². The van der Waals surface area contributed by atoms with E-state index in [9.17, 15) is 19.8 Å². The number of amides is 1. The number of hydrogen-bond acceptors (Lipinski definition) is 5. The molecule has 0 bridgehead atoms. The Labute approximate surface area is 494 Å². The minimum absolute atomic E-state index is 0.00364. The van der Waals surface area contributed by atoms with Gasteiger partial charge < -0.3 is 20.3 Å². The summed E-state index contributed by atoms with van der Waals surface area (Å²) in [4.78, 5) is 24.6. The second-order valence-electron chi connectivity index (χ2n) is 24.6. The molecule has 2 atom stereocenters. The molecule has 0 aliphatic carbocycles. The molecule has 3 N–H and O–H groups in total. The number of carbonyl (C=O) groups is 2. The first kappa shape index (κ1) is 77.1. The van der Waals surface area contributed by atoms with Gasteiger partial charge in [0, 0.05) is 12.8 Å². The fraction of sp³-hybridized carbons (Fsp3) is 0.890. The van der Waals surface area contributed by atoms with Crippen LogP contribution in [0.3, 0.4) is 0 Å². The summed E-state index contributed by atoms with van der Waals surface area (Å²) >= 11 is 0. The van der Waals surface area contributed by atoms with Crippen molar-refractivity contribution in [2.75, 3.05) is 13.2 Å². The molecular formula is C73H139NO5. The van der Waals surface area contributed by atoms with Gasteiger partial charge in [0.1, 0.15) is 0 Å². The van der Waals surface area contributed by atoms with E-state index in [1.54, 1.807) is 6.08 Å². The molecule has 0 aromatic heterocycles. The average Bonchev–Trinajstić information content (AvgIpc) is 3.45. The number of aliphatic hydroxyl groups is 2. The summed E-state index contributed by atoms with van der Waals surface area (Å²) < 4.78 is 5.49. The molecule has 0 spiro atoms. The van der Waals surface area contributed by atoms with E-state index in [2.05, 4.69) is 43.5 Å². The summed E-state index contributed by atoms with van der Waals surface area (Å²) in [5.41, 5.74) is 0. The highest BCUT2D eigenvalue weighted by atomic mass is 16.5. The number of rotatable bonds is 67. The van der Waals surface area contributed by atoms with Gasteiger partial charge in [-0.05, 0) is 83.5 Å². The molecule has 6 nitrogen and oxygen atoms in total. The molecule has 0 aromatic carbocycles. The number of unbranched alkanes of at least 4 members (excludes halogenated alkanes) is 52. The zero-order valence-corrected chi connectivity index (χ0v) is 53.4. The highest BCUT2D eigenvalue weighted by Crippen LogP contribution is 2.18. The van der Waals surface area contributed by atoms with E-state index >= 15 is 0 Å². The van der Waals surface area contributed by atoms with E-state index in [1.807, 2.05) is 6.08 Å². The van der Waals surface area contributed by atoms with Crippen LogP contribution in [0.1, 0.15) is 393 Å². The molecule has 0 radical (unpaired) electrons. The Balaban J connectivity index is 3.44. The van der Waals surface area contributed by atoms with Gasteiger partial charge in [-0.25, -0.2) is 0 Å². The largest absolute Gasteiger partial charge is 0.466 e. The van der Waals surface area contributed by atoms with Gasteiger partial charge in [-0.2, -0.15) is 0 Å². The fourth-order valence-corrected chi connectivity index (χ4v) is 11.2. The van der Waals surface area contributed by atoms with Crippen LogP contribution in [0.2, 0.25) is 0 Å². The normalized spacial score (nSPS) is 12.7. The molecule has 6 heteroatoms. The van der Waals surface area contributed by atoms with E-state index in [0.717, 1.165) is 51.4 Å². The molecule has 79 heavy (non-hydrogen) atoms. The lowest BCUT2D eigenvalue weighted by Gasteiger charge is -2.20. The van der Waals surface area contributed by atoms with Crippen LogP contribution in [0.25, 0.3) is 0 Å². The second-order valence-corrected chi connectivity index (χ2v) is 24.6. The van der Waals surface area contributed by atoms with Crippen molar-refractivity contribution in [1.29, 1.82) is 0 Å². The van der Waals surface area contributed by atoms with Gasteiger partial charge in [0.05, 0.1) is 25.4 Å². The molecule has 0 saturated heterocycles. The molecule has 0 fully saturated rings. The van der Waals surface area contributed by atoms with Gasteiger partial charge in [-0.3, -0.25) is 9.59 Å². The van der Waals surface area contributed by atoms with Crippen LogP contribution in [0, 0.1) is 0 Å². The fourth-order valence-electron chi connectivity index (χ4n) is 11.2. The van der Waals surface area contributed by atoms with Crippen LogP contribution in [-0.4, -0.2) is 47.4 Å². The lowest BCUT2D eigenvalue weighted by Crippen LogP contribution is -2.45. The summed E-state index contributed by atoms with van der Waals surface area (Å²) in [5.74, 6) is -0.0668. The monoisotopic (exact) mass is 1110 g/mol. The van der Waals surface area contributed by atoms with Crippen LogP contribution in [0.4, 0.5) is 0 Å². The Hall–Kier alpha value is -1.92. The minimum atomic E-state index is -0.850. The maximum Gasteiger partial charge on any atom is 0.305 e. The molecule has 2 unspecified atom stereocenters. The molecule has 0 heterocycles. The third-order valence-corrected chi connectivity index (χ3v) is 16.6. The first-order valence-corrected chi connectivity index (χ1v) is 35.8. The standard InChI is InChI=1S/C73H139NO5/c1-3-5-7-9-11-13-15-17-19-20-21-22-23-25-28-31-34-38-41-45-49-53-57-61-65-71(76)70(69-75)74-72(77)66-62-58-54-50-46-42-39-35-32-29-26-24-27-30-33-36-40-44-48-52-56-60-64-68-79-73(78)67-63-59-55-51-47-43-37-18-16-14-12-10-8-6-4-2/h18,29,32,37,61,65,70-71,75-76H,3-17,19-28,30-31,33-36,38-60,62-64,66-69H2,1-2H3,(H,74,77)/b32-29-,37-18-,65-61+. The predicted molar refractivity (Wildman–Crippen MR) is 347 cm³/mol. The number of nitrogens with one attached hydrogen (secondary N) is 1.